The normalized spacial score (nSPS) is 14.7. The zero-order valence-corrected chi connectivity index (χ0v) is 19.5. The minimum absolute atomic E-state index is 0.0491. The monoisotopic (exact) mass is 584 g/mol. The van der Waals surface area contributed by atoms with E-state index in [1.807, 2.05) is 24.3 Å². The molecule has 1 aliphatic heterocycles. The van der Waals surface area contributed by atoms with Crippen LogP contribution in [0.4, 0.5) is 27.6 Å². The Bertz CT molecular complexity index is 1310. The Labute approximate surface area is 204 Å². The summed E-state index contributed by atoms with van der Waals surface area (Å²) in [6.45, 7) is 1.74. The maximum Gasteiger partial charge on any atom is 0.280 e. The number of ether oxygens (including phenoxy) is 1. The third-order valence-electron chi connectivity index (χ3n) is 4.97. The van der Waals surface area contributed by atoms with Gasteiger partial charge in [0, 0.05) is 3.57 Å². The minimum Gasteiger partial charge on any atom is -0.489 e. The molecule has 0 N–H and O–H groups in total. The van der Waals surface area contributed by atoms with Gasteiger partial charge >= 0.3 is 0 Å². The average Bonchev–Trinajstić information content (AvgIpc) is 3.10. The Kier molecular flexibility index (Phi) is 6.69. The van der Waals surface area contributed by atoms with Crippen LogP contribution in [-0.4, -0.2) is 11.6 Å². The van der Waals surface area contributed by atoms with E-state index >= 15 is 0 Å². The van der Waals surface area contributed by atoms with Gasteiger partial charge in [0.05, 0.1) is 11.3 Å². The van der Waals surface area contributed by atoms with E-state index in [9.17, 15) is 26.7 Å². The van der Waals surface area contributed by atoms with Gasteiger partial charge < -0.3 is 4.74 Å². The summed E-state index contributed by atoms with van der Waals surface area (Å²) in [5, 5.41) is 3.89. The topological polar surface area (TPSA) is 41.9 Å². The zero-order valence-electron chi connectivity index (χ0n) is 17.4. The lowest BCUT2D eigenvalue weighted by Gasteiger charge is -2.15. The number of anilines is 1. The van der Waals surface area contributed by atoms with Crippen molar-refractivity contribution < 1.29 is 31.5 Å². The summed E-state index contributed by atoms with van der Waals surface area (Å²) >= 11 is 2.21. The van der Waals surface area contributed by atoms with Gasteiger partial charge in [0.25, 0.3) is 5.91 Å². The molecule has 0 saturated heterocycles. The third-order valence-corrected chi connectivity index (χ3v) is 5.69. The number of hydrazone groups is 1. The second-order valence-corrected chi connectivity index (χ2v) is 8.51. The smallest absolute Gasteiger partial charge is 0.280 e. The van der Waals surface area contributed by atoms with E-state index in [1.54, 1.807) is 24.3 Å². The second kappa shape index (κ2) is 9.53. The molecule has 0 radical (unpaired) electrons. The van der Waals surface area contributed by atoms with Crippen LogP contribution in [0.5, 0.6) is 5.75 Å². The van der Waals surface area contributed by atoms with Gasteiger partial charge in [0.1, 0.15) is 18.0 Å². The SMILES string of the molecule is CC1=NN(c2c(F)c(F)c(F)c(F)c2F)C(=O)/C1=C/c1ccc(OCc2ccc(I)cc2)cc1. The van der Waals surface area contributed by atoms with E-state index in [4.69, 9.17) is 4.74 Å². The standard InChI is InChI=1S/C24H14F5IN2O2/c1-12-17(24(33)32(31-12)23-21(28)19(26)18(25)20(27)22(23)29)10-13-4-8-16(9-5-13)34-11-14-2-6-15(30)7-3-14/h2-10H,11H2,1H3/b17-10+. The molecule has 0 unspecified atom stereocenters. The number of benzene rings is 3. The van der Waals surface area contributed by atoms with Gasteiger partial charge in [-0.3, -0.25) is 4.79 Å². The number of amides is 1. The molecule has 1 aliphatic rings. The maximum atomic E-state index is 14.2. The highest BCUT2D eigenvalue weighted by atomic mass is 127. The van der Waals surface area contributed by atoms with Crippen molar-refractivity contribution in [1.29, 1.82) is 0 Å². The van der Waals surface area contributed by atoms with Crippen LogP contribution in [0.15, 0.2) is 59.2 Å². The molecule has 10 heteroatoms. The Morgan fingerprint density at radius 1 is 0.882 bits per heavy atom. The first-order valence-electron chi connectivity index (χ1n) is 9.78. The van der Waals surface area contributed by atoms with Crippen molar-refractivity contribution in [3.63, 3.8) is 0 Å². The van der Waals surface area contributed by atoms with Crippen LogP contribution in [0, 0.1) is 32.7 Å². The molecule has 34 heavy (non-hydrogen) atoms. The third kappa shape index (κ3) is 4.54. The average molecular weight is 584 g/mol. The molecule has 0 saturated carbocycles. The van der Waals surface area contributed by atoms with Crippen molar-refractivity contribution in [2.24, 2.45) is 5.10 Å². The maximum absolute atomic E-state index is 14.2. The van der Waals surface area contributed by atoms with E-state index in [-0.39, 0.29) is 16.3 Å². The van der Waals surface area contributed by atoms with Crippen LogP contribution in [0.1, 0.15) is 18.1 Å². The molecular weight excluding hydrogens is 570 g/mol. The molecule has 1 heterocycles. The van der Waals surface area contributed by atoms with Crippen molar-refractivity contribution >= 4 is 46.0 Å². The first-order chi connectivity index (χ1) is 16.2. The van der Waals surface area contributed by atoms with Crippen LogP contribution in [-0.2, 0) is 11.4 Å². The van der Waals surface area contributed by atoms with Crippen molar-refractivity contribution in [3.8, 4) is 5.75 Å². The number of rotatable bonds is 5. The highest BCUT2D eigenvalue weighted by Gasteiger charge is 2.36. The van der Waals surface area contributed by atoms with Gasteiger partial charge in [-0.25, -0.2) is 22.0 Å². The molecule has 3 aromatic carbocycles. The van der Waals surface area contributed by atoms with E-state index in [0.29, 0.717) is 17.9 Å². The fourth-order valence-corrected chi connectivity index (χ4v) is 3.55. The largest absolute Gasteiger partial charge is 0.489 e. The van der Waals surface area contributed by atoms with E-state index < -0.39 is 40.7 Å². The molecule has 3 aromatic rings. The highest BCUT2D eigenvalue weighted by molar-refractivity contribution is 14.1. The first-order valence-corrected chi connectivity index (χ1v) is 10.9. The van der Waals surface area contributed by atoms with Gasteiger partial charge in [0.15, 0.2) is 23.3 Å². The lowest BCUT2D eigenvalue weighted by atomic mass is 10.1. The van der Waals surface area contributed by atoms with Crippen LogP contribution < -0.4 is 9.75 Å². The summed E-state index contributed by atoms with van der Waals surface area (Å²) in [6, 6.07) is 14.5. The molecule has 0 aromatic heterocycles. The summed E-state index contributed by atoms with van der Waals surface area (Å²) in [6.07, 6.45) is 1.40. The van der Waals surface area contributed by atoms with Crippen LogP contribution in [0.25, 0.3) is 6.08 Å². The van der Waals surface area contributed by atoms with Crippen LogP contribution in [0.3, 0.4) is 0 Å². The summed E-state index contributed by atoms with van der Waals surface area (Å²) < 4.78 is 75.6. The summed E-state index contributed by atoms with van der Waals surface area (Å²) in [5.74, 6) is -11.4. The lowest BCUT2D eigenvalue weighted by molar-refractivity contribution is -0.114. The van der Waals surface area contributed by atoms with Gasteiger partial charge in [-0.15, -0.1) is 0 Å². The van der Waals surface area contributed by atoms with E-state index in [1.165, 1.54) is 13.0 Å². The van der Waals surface area contributed by atoms with Crippen molar-refractivity contribution in [1.82, 2.24) is 0 Å². The van der Waals surface area contributed by atoms with Crippen molar-refractivity contribution in [2.45, 2.75) is 13.5 Å². The zero-order chi connectivity index (χ0) is 24.6. The minimum atomic E-state index is -2.31. The molecular formula is C24H14F5IN2O2. The molecule has 4 rings (SSSR count). The van der Waals surface area contributed by atoms with Crippen LogP contribution in [0.2, 0.25) is 0 Å². The summed E-state index contributed by atoms with van der Waals surface area (Å²) in [4.78, 5) is 12.7. The molecule has 1 amide bonds. The summed E-state index contributed by atoms with van der Waals surface area (Å²) in [5.41, 5.74) is 0.0926. The number of hydrogen-bond acceptors (Lipinski definition) is 3. The number of carbonyl (C=O) groups is 1. The predicted molar refractivity (Wildman–Crippen MR) is 125 cm³/mol. The fraction of sp³-hybridized carbons (Fsp3) is 0.0833. The van der Waals surface area contributed by atoms with Crippen molar-refractivity contribution in [3.05, 3.63) is 97.9 Å². The van der Waals surface area contributed by atoms with Gasteiger partial charge in [0.2, 0.25) is 5.82 Å². The number of carbonyl (C=O) groups excluding carboxylic acids is 1. The first kappa shape index (κ1) is 23.9. The number of nitrogens with zero attached hydrogens (tertiary/aromatic N) is 2. The van der Waals surface area contributed by atoms with E-state index in [2.05, 4.69) is 27.7 Å². The number of halogens is 6. The molecule has 174 valence electrons. The fourth-order valence-electron chi connectivity index (χ4n) is 3.19. The Balaban J connectivity index is 1.54. The van der Waals surface area contributed by atoms with Gasteiger partial charge in [-0.05, 0) is 71.0 Å². The molecule has 0 bridgehead atoms. The predicted octanol–water partition coefficient (Wildman–Crippen LogP) is 6.37. The Morgan fingerprint density at radius 2 is 1.44 bits per heavy atom. The second-order valence-electron chi connectivity index (χ2n) is 7.26. The molecule has 0 atom stereocenters. The van der Waals surface area contributed by atoms with Gasteiger partial charge in [-0.1, -0.05) is 24.3 Å². The molecule has 4 nitrogen and oxygen atoms in total. The molecule has 0 spiro atoms. The number of hydrogen-bond donors (Lipinski definition) is 0. The quantitative estimate of drug-likeness (QED) is 0.115. The van der Waals surface area contributed by atoms with Gasteiger partial charge in [-0.2, -0.15) is 10.1 Å². The Morgan fingerprint density at radius 3 is 2.03 bits per heavy atom. The lowest BCUT2D eigenvalue weighted by Crippen LogP contribution is -2.25. The highest BCUT2D eigenvalue weighted by Crippen LogP contribution is 2.34. The van der Waals surface area contributed by atoms with Crippen LogP contribution >= 0.6 is 22.6 Å². The molecule has 0 aliphatic carbocycles. The summed E-state index contributed by atoms with van der Waals surface area (Å²) in [7, 11) is 0. The molecule has 0 fully saturated rings. The van der Waals surface area contributed by atoms with E-state index in [0.717, 1.165) is 9.13 Å². The Hall–Kier alpha value is -3.28. The van der Waals surface area contributed by atoms with Crippen molar-refractivity contribution in [2.75, 3.05) is 5.01 Å².